The van der Waals surface area contributed by atoms with E-state index in [0.717, 1.165) is 34.9 Å². The van der Waals surface area contributed by atoms with Crippen molar-refractivity contribution in [1.82, 2.24) is 5.32 Å². The lowest BCUT2D eigenvalue weighted by atomic mass is 9.89. The van der Waals surface area contributed by atoms with E-state index in [1.165, 1.54) is 0 Å². The fourth-order valence-electron chi connectivity index (χ4n) is 3.39. The van der Waals surface area contributed by atoms with E-state index in [4.69, 9.17) is 31.2 Å². The highest BCUT2D eigenvalue weighted by molar-refractivity contribution is 7.80. The summed E-state index contributed by atoms with van der Waals surface area (Å²) in [6.07, 6.45) is 0.787. The molecular weight excluding hydrogens is 364 g/mol. The van der Waals surface area contributed by atoms with Gasteiger partial charge in [0.05, 0.1) is 13.2 Å². The second kappa shape index (κ2) is 6.81. The summed E-state index contributed by atoms with van der Waals surface area (Å²) in [6.45, 7) is 4.38. The highest BCUT2D eigenvalue weighted by Gasteiger charge is 2.34. The summed E-state index contributed by atoms with van der Waals surface area (Å²) in [5.41, 5.74) is 1.59. The van der Waals surface area contributed by atoms with Gasteiger partial charge in [-0.05, 0) is 50.3 Å². The maximum Gasteiger partial charge on any atom is 0.231 e. The number of fused-ring (bicyclic) bond motifs is 2. The van der Waals surface area contributed by atoms with E-state index in [9.17, 15) is 0 Å². The van der Waals surface area contributed by atoms with Crippen molar-refractivity contribution in [3.8, 4) is 23.0 Å². The summed E-state index contributed by atoms with van der Waals surface area (Å²) in [5, 5.41) is 7.17. The number of hydrogen-bond donors (Lipinski definition) is 2. The smallest absolute Gasteiger partial charge is 0.231 e. The number of thiocarbonyl (C=S) groups is 1. The Morgan fingerprint density at radius 3 is 2.74 bits per heavy atom. The van der Waals surface area contributed by atoms with Crippen LogP contribution in [0.5, 0.6) is 23.0 Å². The van der Waals surface area contributed by atoms with Gasteiger partial charge in [-0.25, -0.2) is 0 Å². The van der Waals surface area contributed by atoms with Crippen molar-refractivity contribution in [1.29, 1.82) is 0 Å². The molecule has 0 spiro atoms. The molecule has 4 rings (SSSR count). The second-order valence-corrected chi connectivity index (χ2v) is 7.60. The molecule has 0 aliphatic carbocycles. The van der Waals surface area contributed by atoms with Crippen LogP contribution in [0, 0.1) is 0 Å². The number of anilines is 1. The third-order valence-electron chi connectivity index (χ3n) is 4.61. The Balaban J connectivity index is 1.51. The molecule has 2 heterocycles. The van der Waals surface area contributed by atoms with Gasteiger partial charge in [0, 0.05) is 29.8 Å². The predicted octanol–water partition coefficient (Wildman–Crippen LogP) is 4.01. The van der Waals surface area contributed by atoms with Crippen LogP contribution >= 0.6 is 12.2 Å². The molecule has 27 heavy (non-hydrogen) atoms. The monoisotopic (exact) mass is 386 g/mol. The van der Waals surface area contributed by atoms with Crippen LogP contribution in [-0.2, 0) is 0 Å². The predicted molar refractivity (Wildman–Crippen MR) is 107 cm³/mol. The number of methoxy groups -OCH3 is 1. The van der Waals surface area contributed by atoms with Crippen LogP contribution in [-0.4, -0.2) is 24.6 Å². The molecule has 0 aromatic heterocycles. The average Bonchev–Trinajstić information content (AvgIpc) is 3.07. The van der Waals surface area contributed by atoms with E-state index >= 15 is 0 Å². The second-order valence-electron chi connectivity index (χ2n) is 7.19. The van der Waals surface area contributed by atoms with Crippen molar-refractivity contribution >= 4 is 23.0 Å². The summed E-state index contributed by atoms with van der Waals surface area (Å²) in [4.78, 5) is 0. The molecule has 0 saturated carbocycles. The first-order chi connectivity index (χ1) is 12.9. The lowest BCUT2D eigenvalue weighted by Gasteiger charge is -2.38. The van der Waals surface area contributed by atoms with Gasteiger partial charge in [-0.15, -0.1) is 0 Å². The Labute approximate surface area is 163 Å². The number of benzene rings is 2. The first-order valence-corrected chi connectivity index (χ1v) is 9.18. The largest absolute Gasteiger partial charge is 0.497 e. The number of rotatable bonds is 3. The van der Waals surface area contributed by atoms with E-state index < -0.39 is 0 Å². The number of hydrogen-bond acceptors (Lipinski definition) is 5. The molecular formula is C20H22N2O4S. The molecule has 7 heteroatoms. The standard InChI is InChI=1S/C20H22N2O4S/c1-20(2)10-15(14-6-5-13(23-3)9-17(14)26-20)22-19(27)21-12-4-7-16-18(8-12)25-11-24-16/h4-9,15H,10-11H2,1-3H3,(H2,21,22,27)/t15-/m0/s1. The summed E-state index contributed by atoms with van der Waals surface area (Å²) < 4.78 is 22.2. The number of ether oxygens (including phenoxy) is 4. The topological polar surface area (TPSA) is 61.0 Å². The SMILES string of the molecule is COc1ccc2c(c1)OC(C)(C)C[C@@H]2NC(=S)Nc1ccc2c(c1)OCO2. The summed E-state index contributed by atoms with van der Waals surface area (Å²) in [6, 6.07) is 11.6. The minimum absolute atomic E-state index is 0.0312. The van der Waals surface area contributed by atoms with Gasteiger partial charge in [-0.1, -0.05) is 0 Å². The number of nitrogens with one attached hydrogen (secondary N) is 2. The van der Waals surface area contributed by atoms with Crippen molar-refractivity contribution in [2.45, 2.75) is 31.9 Å². The van der Waals surface area contributed by atoms with Gasteiger partial charge in [-0.2, -0.15) is 0 Å². The molecule has 6 nitrogen and oxygen atoms in total. The van der Waals surface area contributed by atoms with Gasteiger partial charge in [0.1, 0.15) is 17.1 Å². The Morgan fingerprint density at radius 2 is 1.93 bits per heavy atom. The molecule has 0 radical (unpaired) electrons. The highest BCUT2D eigenvalue weighted by atomic mass is 32.1. The van der Waals surface area contributed by atoms with Gasteiger partial charge in [0.15, 0.2) is 16.6 Å². The summed E-state index contributed by atoms with van der Waals surface area (Å²) in [5.74, 6) is 3.04. The fourth-order valence-corrected chi connectivity index (χ4v) is 3.65. The first-order valence-electron chi connectivity index (χ1n) is 8.78. The van der Waals surface area contributed by atoms with Crippen molar-refractivity contribution < 1.29 is 18.9 Å². The van der Waals surface area contributed by atoms with Gasteiger partial charge in [-0.3, -0.25) is 0 Å². The first kappa shape index (κ1) is 17.7. The normalized spacial score (nSPS) is 18.9. The Bertz CT molecular complexity index is 884. The zero-order valence-electron chi connectivity index (χ0n) is 15.5. The van der Waals surface area contributed by atoms with Crippen molar-refractivity contribution in [2.75, 3.05) is 19.2 Å². The van der Waals surface area contributed by atoms with Crippen LogP contribution in [0.1, 0.15) is 31.9 Å². The van der Waals surface area contributed by atoms with Crippen molar-refractivity contribution in [2.24, 2.45) is 0 Å². The molecule has 2 aromatic carbocycles. The van der Waals surface area contributed by atoms with Crippen LogP contribution < -0.4 is 29.6 Å². The average molecular weight is 386 g/mol. The van der Waals surface area contributed by atoms with Gasteiger partial charge < -0.3 is 29.6 Å². The molecule has 2 aliphatic heterocycles. The lowest BCUT2D eigenvalue weighted by Crippen LogP contribution is -2.42. The van der Waals surface area contributed by atoms with Gasteiger partial charge >= 0.3 is 0 Å². The van der Waals surface area contributed by atoms with Gasteiger partial charge in [0.25, 0.3) is 0 Å². The molecule has 142 valence electrons. The molecule has 1 atom stereocenters. The van der Waals surface area contributed by atoms with E-state index in [-0.39, 0.29) is 18.4 Å². The lowest BCUT2D eigenvalue weighted by molar-refractivity contribution is 0.0693. The highest BCUT2D eigenvalue weighted by Crippen LogP contribution is 2.41. The van der Waals surface area contributed by atoms with Crippen LogP contribution in [0.3, 0.4) is 0 Å². The molecule has 2 aliphatic rings. The van der Waals surface area contributed by atoms with Crippen LogP contribution in [0.25, 0.3) is 0 Å². The molecule has 0 bridgehead atoms. The van der Waals surface area contributed by atoms with Crippen LogP contribution in [0.4, 0.5) is 5.69 Å². The molecule has 0 unspecified atom stereocenters. The Hall–Kier alpha value is -2.67. The minimum Gasteiger partial charge on any atom is -0.497 e. The third-order valence-corrected chi connectivity index (χ3v) is 4.83. The van der Waals surface area contributed by atoms with Crippen LogP contribution in [0.15, 0.2) is 36.4 Å². The van der Waals surface area contributed by atoms with E-state index in [2.05, 4.69) is 24.5 Å². The van der Waals surface area contributed by atoms with Crippen molar-refractivity contribution in [3.63, 3.8) is 0 Å². The molecule has 0 fully saturated rings. The van der Waals surface area contributed by atoms with Crippen molar-refractivity contribution in [3.05, 3.63) is 42.0 Å². The summed E-state index contributed by atoms with van der Waals surface area (Å²) >= 11 is 5.54. The third kappa shape index (κ3) is 3.73. The summed E-state index contributed by atoms with van der Waals surface area (Å²) in [7, 11) is 1.65. The zero-order chi connectivity index (χ0) is 19.0. The van der Waals surface area contributed by atoms with E-state index in [1.54, 1.807) is 7.11 Å². The van der Waals surface area contributed by atoms with E-state index in [0.29, 0.717) is 10.9 Å². The van der Waals surface area contributed by atoms with Gasteiger partial charge in [0.2, 0.25) is 6.79 Å². The quantitative estimate of drug-likeness (QED) is 0.773. The minimum atomic E-state index is -0.314. The fraction of sp³-hybridized carbons (Fsp3) is 0.350. The molecule has 2 N–H and O–H groups in total. The Morgan fingerprint density at radius 1 is 1.11 bits per heavy atom. The zero-order valence-corrected chi connectivity index (χ0v) is 16.3. The Kier molecular flexibility index (Phi) is 4.47. The van der Waals surface area contributed by atoms with E-state index in [1.807, 2.05) is 36.4 Å². The maximum absolute atomic E-state index is 6.13. The van der Waals surface area contributed by atoms with Crippen LogP contribution in [0.2, 0.25) is 0 Å². The molecule has 2 aromatic rings. The maximum atomic E-state index is 6.13. The molecule has 0 amide bonds. The molecule has 0 saturated heterocycles.